The Hall–Kier alpha value is 1.56. The van der Waals surface area contributed by atoms with Crippen LogP contribution in [0.1, 0.15) is 0 Å². The van der Waals surface area contributed by atoms with Crippen molar-refractivity contribution < 1.29 is 1.41 Å². The molecule has 0 saturated heterocycles. The van der Waals surface area contributed by atoms with Gasteiger partial charge in [-0.15, -0.1) is 0 Å². The minimum atomic E-state index is -1.85. The van der Waals surface area contributed by atoms with Gasteiger partial charge < -0.3 is 0 Å². The number of hydrogen-bond donors (Lipinski definition) is 0. The van der Waals surface area contributed by atoms with Crippen molar-refractivity contribution in [1.29, 1.82) is 0 Å². The minimum absolute atomic E-state index is 1.85. The molecule has 0 fully saturated rings. The molecule has 0 amide bonds. The number of hydrogen-bond acceptors (Lipinski definition) is 1. The van der Waals surface area contributed by atoms with Crippen LogP contribution in [0.4, 0.5) is 0 Å². The van der Waals surface area contributed by atoms with Gasteiger partial charge in [0.05, 0.1) is 0 Å². The summed E-state index contributed by atoms with van der Waals surface area (Å²) in [6.45, 7) is 0. The van der Waals surface area contributed by atoms with Crippen LogP contribution in [0.15, 0.2) is 0 Å². The quantitative estimate of drug-likeness (QED) is 0.701. The van der Waals surface area contributed by atoms with E-state index in [1.165, 1.54) is 0 Å². The van der Waals surface area contributed by atoms with E-state index in [0.29, 0.717) is 0 Å². The average molecular weight is 344 g/mol. The standard InChI is InChI=1S/6CH3.O.2Sn/h6*1H3;;;. The van der Waals surface area contributed by atoms with Crippen LogP contribution in [-0.4, -0.2) is 37.6 Å². The monoisotopic (exact) mass is 346 g/mol. The van der Waals surface area contributed by atoms with Crippen molar-refractivity contribution in [3.8, 4) is 0 Å². The van der Waals surface area contributed by atoms with Gasteiger partial charge in [0.25, 0.3) is 0 Å². The second-order valence-corrected chi connectivity index (χ2v) is 32.9. The maximum atomic E-state index is 6.04. The van der Waals surface area contributed by atoms with E-state index in [-0.39, 0.29) is 0 Å². The van der Waals surface area contributed by atoms with E-state index in [2.05, 4.69) is 29.6 Å². The van der Waals surface area contributed by atoms with Crippen LogP contribution in [0, 0.1) is 0 Å². The van der Waals surface area contributed by atoms with Crippen molar-refractivity contribution >= 4 is 37.6 Å². The van der Waals surface area contributed by atoms with E-state index in [0.717, 1.165) is 0 Å². The molecule has 0 spiro atoms. The molecule has 3 heteroatoms. The fourth-order valence-electron chi connectivity index (χ4n) is 0.919. The van der Waals surface area contributed by atoms with Gasteiger partial charge in [-0.2, -0.15) is 0 Å². The van der Waals surface area contributed by atoms with Gasteiger partial charge in [-0.3, -0.25) is 0 Å². The van der Waals surface area contributed by atoms with E-state index in [4.69, 9.17) is 1.41 Å². The summed E-state index contributed by atoms with van der Waals surface area (Å²) >= 11 is -3.71. The summed E-state index contributed by atoms with van der Waals surface area (Å²) in [5.41, 5.74) is 0. The molecule has 0 atom stereocenters. The molecule has 1 nitrogen and oxygen atoms in total. The molecule has 0 aromatic rings. The Morgan fingerprint density at radius 2 is 0.889 bits per heavy atom. The third-order valence-corrected chi connectivity index (χ3v) is 27.6. The summed E-state index contributed by atoms with van der Waals surface area (Å²) in [5.74, 6) is 0. The third kappa shape index (κ3) is 9.56. The van der Waals surface area contributed by atoms with Crippen molar-refractivity contribution in [3.63, 3.8) is 0 Å². The topological polar surface area (TPSA) is 9.23 Å². The first-order chi connectivity index (χ1) is 3.71. The van der Waals surface area contributed by atoms with Gasteiger partial charge in [-0.25, -0.2) is 0 Å². The first-order valence-corrected chi connectivity index (χ1v) is 22.9. The molecule has 0 saturated carbocycles. The number of rotatable bonds is 2. The first-order valence-electron chi connectivity index (χ1n) is 3.41. The SMILES string of the molecule is [CH3][Sn]([CH3])([CH3])[O][Sn]([CH3])([CH3])[CH3]. The summed E-state index contributed by atoms with van der Waals surface area (Å²) in [7, 11) is 0. The van der Waals surface area contributed by atoms with Crippen LogP contribution in [-0.2, 0) is 1.41 Å². The second kappa shape index (κ2) is 3.30. The van der Waals surface area contributed by atoms with Crippen molar-refractivity contribution in [3.05, 3.63) is 0 Å². The fourth-order valence-corrected chi connectivity index (χ4v) is 41.3. The average Bonchev–Trinajstić information content (AvgIpc) is 1.14. The van der Waals surface area contributed by atoms with E-state index >= 15 is 0 Å². The summed E-state index contributed by atoms with van der Waals surface area (Å²) in [6.07, 6.45) is 0. The predicted octanol–water partition coefficient (Wildman–Crippen LogP) is 2.67. The molecular formula is C6H18OSn2. The van der Waals surface area contributed by atoms with Gasteiger partial charge in [0.1, 0.15) is 0 Å². The molecule has 0 aromatic carbocycles. The van der Waals surface area contributed by atoms with Gasteiger partial charge in [0, 0.05) is 0 Å². The molecular weight excluding hydrogens is 325 g/mol. The molecule has 0 rings (SSSR count). The Bertz CT molecular complexity index is 76.2. The zero-order chi connectivity index (χ0) is 7.71. The zero-order valence-corrected chi connectivity index (χ0v) is 13.1. The molecule has 56 valence electrons. The predicted molar refractivity (Wildman–Crippen MR) is 47.8 cm³/mol. The molecule has 0 N–H and O–H groups in total. The second-order valence-electron chi connectivity index (χ2n) is 4.33. The normalized spacial score (nSPS) is 14.0. The molecule has 0 heterocycles. The molecule has 0 radical (unpaired) electrons. The van der Waals surface area contributed by atoms with Gasteiger partial charge in [0.2, 0.25) is 0 Å². The zero-order valence-electron chi connectivity index (χ0n) is 7.41. The van der Waals surface area contributed by atoms with Crippen LogP contribution in [0.3, 0.4) is 0 Å². The van der Waals surface area contributed by atoms with Crippen LogP contribution < -0.4 is 0 Å². The fraction of sp³-hybridized carbons (Fsp3) is 1.00. The molecule has 0 unspecified atom stereocenters. The Kier molecular flexibility index (Phi) is 3.87. The van der Waals surface area contributed by atoms with Gasteiger partial charge >= 0.3 is 68.6 Å². The Morgan fingerprint density at radius 3 is 0.889 bits per heavy atom. The third-order valence-electron chi connectivity index (χ3n) is 0.612. The van der Waals surface area contributed by atoms with E-state index in [1.54, 1.807) is 0 Å². The first kappa shape index (κ1) is 10.6. The molecule has 0 aliphatic heterocycles. The Balaban J connectivity index is 3.75. The van der Waals surface area contributed by atoms with Crippen molar-refractivity contribution in [2.75, 3.05) is 0 Å². The van der Waals surface area contributed by atoms with E-state index in [1.807, 2.05) is 0 Å². The van der Waals surface area contributed by atoms with Gasteiger partial charge in [-0.1, -0.05) is 0 Å². The van der Waals surface area contributed by atoms with Gasteiger partial charge in [0.15, 0.2) is 0 Å². The van der Waals surface area contributed by atoms with Crippen LogP contribution >= 0.6 is 0 Å². The van der Waals surface area contributed by atoms with Crippen molar-refractivity contribution in [1.82, 2.24) is 0 Å². The summed E-state index contributed by atoms with van der Waals surface area (Å²) in [6, 6.07) is 0. The molecule has 0 aliphatic carbocycles. The molecule has 0 aliphatic rings. The van der Waals surface area contributed by atoms with E-state index in [9.17, 15) is 0 Å². The van der Waals surface area contributed by atoms with Crippen LogP contribution in [0.25, 0.3) is 0 Å². The molecule has 9 heavy (non-hydrogen) atoms. The van der Waals surface area contributed by atoms with Gasteiger partial charge in [-0.05, 0) is 0 Å². The Labute approximate surface area is 68.0 Å². The van der Waals surface area contributed by atoms with Crippen molar-refractivity contribution in [2.24, 2.45) is 0 Å². The summed E-state index contributed by atoms with van der Waals surface area (Å²) in [4.78, 5) is 14.0. The molecule has 0 aromatic heterocycles. The van der Waals surface area contributed by atoms with E-state index < -0.39 is 37.6 Å². The van der Waals surface area contributed by atoms with Crippen LogP contribution in [0.5, 0.6) is 0 Å². The summed E-state index contributed by atoms with van der Waals surface area (Å²) in [5, 5.41) is 0. The van der Waals surface area contributed by atoms with Crippen LogP contribution in [0.2, 0.25) is 29.6 Å². The summed E-state index contributed by atoms with van der Waals surface area (Å²) < 4.78 is 6.04. The van der Waals surface area contributed by atoms with Crippen molar-refractivity contribution in [2.45, 2.75) is 29.6 Å². The maximum absolute atomic E-state index is 6.04. The molecule has 0 bridgehead atoms. The Morgan fingerprint density at radius 1 is 0.667 bits per heavy atom.